The lowest BCUT2D eigenvalue weighted by molar-refractivity contribution is 0.182. The molecule has 114 valence electrons. The molecule has 0 aliphatic carbocycles. The van der Waals surface area contributed by atoms with Gasteiger partial charge in [-0.25, -0.2) is 9.78 Å². The van der Waals surface area contributed by atoms with Crippen molar-refractivity contribution in [3.63, 3.8) is 0 Å². The van der Waals surface area contributed by atoms with Crippen molar-refractivity contribution in [1.29, 1.82) is 0 Å². The zero-order chi connectivity index (χ0) is 15.4. The summed E-state index contributed by atoms with van der Waals surface area (Å²) in [5.41, 5.74) is 2.46. The van der Waals surface area contributed by atoms with Gasteiger partial charge in [-0.2, -0.15) is 0 Å². The number of ether oxygens (including phenoxy) is 1. The van der Waals surface area contributed by atoms with Gasteiger partial charge in [-0.05, 0) is 20.8 Å². The first kappa shape index (κ1) is 15.5. The van der Waals surface area contributed by atoms with Crippen molar-refractivity contribution < 1.29 is 14.1 Å². The lowest BCUT2D eigenvalue weighted by Gasteiger charge is -2.13. The molecule has 2 amide bonds. The summed E-state index contributed by atoms with van der Waals surface area (Å²) < 4.78 is 10.1. The number of nitrogens with one attached hydrogen (secondary N) is 2. The Morgan fingerprint density at radius 1 is 1.52 bits per heavy atom. The van der Waals surface area contributed by atoms with E-state index in [-0.39, 0.29) is 12.1 Å². The van der Waals surface area contributed by atoms with Crippen LogP contribution in [0.2, 0.25) is 0 Å². The van der Waals surface area contributed by atoms with Crippen molar-refractivity contribution in [1.82, 2.24) is 15.5 Å². The second-order valence-electron chi connectivity index (χ2n) is 4.64. The average molecular weight is 310 g/mol. The molecule has 0 radical (unpaired) electrons. The largest absolute Gasteiger partial charge is 0.378 e. The lowest BCUT2D eigenvalue weighted by atomic mass is 10.1. The number of carbonyl (C=O) groups excluding carboxylic acids is 1. The molecule has 2 aromatic rings. The van der Waals surface area contributed by atoms with Crippen LogP contribution in [0.3, 0.4) is 0 Å². The van der Waals surface area contributed by atoms with Crippen molar-refractivity contribution in [2.75, 3.05) is 12.4 Å². The molecular weight excluding hydrogens is 292 g/mol. The summed E-state index contributed by atoms with van der Waals surface area (Å²) in [6, 6.07) is -0.518. The number of nitrogens with zero attached hydrogens (tertiary/aromatic N) is 2. The molecular formula is C13H18N4O3S. The van der Waals surface area contributed by atoms with E-state index in [0.717, 1.165) is 17.0 Å². The van der Waals surface area contributed by atoms with Crippen LogP contribution in [-0.4, -0.2) is 23.3 Å². The third kappa shape index (κ3) is 3.79. The van der Waals surface area contributed by atoms with Gasteiger partial charge < -0.3 is 14.6 Å². The number of urea groups is 1. The third-order valence-electron chi connectivity index (χ3n) is 2.93. The number of amides is 2. The Kier molecular flexibility index (Phi) is 4.92. The molecule has 0 aliphatic rings. The summed E-state index contributed by atoms with van der Waals surface area (Å²) in [4.78, 5) is 16.2. The van der Waals surface area contributed by atoms with E-state index in [1.165, 1.54) is 11.3 Å². The smallest absolute Gasteiger partial charge is 0.321 e. The molecule has 2 heterocycles. The Hall–Kier alpha value is -1.93. The molecule has 0 aliphatic heterocycles. The van der Waals surface area contributed by atoms with Gasteiger partial charge in [0.05, 0.1) is 24.0 Å². The number of carbonyl (C=O) groups is 1. The predicted octanol–water partition coefficient (Wildman–Crippen LogP) is 2.78. The first-order valence-corrected chi connectivity index (χ1v) is 7.32. The predicted molar refractivity (Wildman–Crippen MR) is 79.4 cm³/mol. The van der Waals surface area contributed by atoms with E-state index in [0.29, 0.717) is 17.5 Å². The first-order chi connectivity index (χ1) is 10.0. The molecule has 2 rings (SSSR count). The number of thiazole rings is 1. The number of aryl methyl sites for hydroxylation is 2. The number of hydrogen-bond donors (Lipinski definition) is 2. The Balaban J connectivity index is 1.95. The highest BCUT2D eigenvalue weighted by molar-refractivity contribution is 7.13. The van der Waals surface area contributed by atoms with Gasteiger partial charge in [0.2, 0.25) is 0 Å². The van der Waals surface area contributed by atoms with Gasteiger partial charge in [-0.1, -0.05) is 5.16 Å². The Morgan fingerprint density at radius 3 is 2.90 bits per heavy atom. The zero-order valence-electron chi connectivity index (χ0n) is 12.4. The minimum atomic E-state index is -0.319. The molecule has 0 saturated heterocycles. The van der Waals surface area contributed by atoms with Gasteiger partial charge in [0.25, 0.3) is 0 Å². The number of anilines is 1. The van der Waals surface area contributed by atoms with Crippen LogP contribution in [0.25, 0.3) is 0 Å². The average Bonchev–Trinajstić information content (AvgIpc) is 2.97. The second kappa shape index (κ2) is 6.68. The number of methoxy groups -OCH3 is 1. The van der Waals surface area contributed by atoms with Crippen LogP contribution in [0, 0.1) is 13.8 Å². The van der Waals surface area contributed by atoms with Gasteiger partial charge >= 0.3 is 6.03 Å². The summed E-state index contributed by atoms with van der Waals surface area (Å²) in [6.45, 7) is 5.97. The topological polar surface area (TPSA) is 89.3 Å². The molecule has 0 spiro atoms. The van der Waals surface area contributed by atoms with Gasteiger partial charge in [0, 0.05) is 18.1 Å². The van der Waals surface area contributed by atoms with E-state index < -0.39 is 0 Å². The van der Waals surface area contributed by atoms with E-state index in [9.17, 15) is 4.79 Å². The molecule has 0 aromatic carbocycles. The fourth-order valence-electron chi connectivity index (χ4n) is 2.09. The molecule has 21 heavy (non-hydrogen) atoms. The summed E-state index contributed by atoms with van der Waals surface area (Å²) in [5.74, 6) is 0.705. The van der Waals surface area contributed by atoms with Crippen LogP contribution < -0.4 is 10.6 Å². The van der Waals surface area contributed by atoms with E-state index in [1.54, 1.807) is 7.11 Å². The standard InChI is InChI=1S/C13H18N4O3S/c1-7(11-8(2)17-20-9(11)3)14-12(18)16-13-15-10(5-19-4)6-21-13/h6-7H,5H2,1-4H3,(H2,14,15,16,18)/t7-/m0/s1. The molecule has 7 nitrogen and oxygen atoms in total. The fraction of sp³-hybridized carbons (Fsp3) is 0.462. The summed E-state index contributed by atoms with van der Waals surface area (Å²) >= 11 is 1.35. The van der Waals surface area contributed by atoms with Crippen molar-refractivity contribution >= 4 is 22.5 Å². The first-order valence-electron chi connectivity index (χ1n) is 6.45. The van der Waals surface area contributed by atoms with Gasteiger partial charge in [0.1, 0.15) is 5.76 Å². The number of hydrogen-bond acceptors (Lipinski definition) is 6. The highest BCUT2D eigenvalue weighted by Gasteiger charge is 2.18. The third-order valence-corrected chi connectivity index (χ3v) is 3.74. The van der Waals surface area contributed by atoms with E-state index >= 15 is 0 Å². The van der Waals surface area contributed by atoms with Crippen molar-refractivity contribution in [3.05, 3.63) is 28.1 Å². The summed E-state index contributed by atoms with van der Waals surface area (Å²) in [7, 11) is 1.60. The van der Waals surface area contributed by atoms with Crippen LogP contribution in [0.4, 0.5) is 9.93 Å². The van der Waals surface area contributed by atoms with E-state index in [1.807, 2.05) is 26.2 Å². The maximum absolute atomic E-state index is 12.0. The molecule has 1 atom stereocenters. The Bertz CT molecular complexity index is 603. The van der Waals surface area contributed by atoms with E-state index in [2.05, 4.69) is 20.8 Å². The zero-order valence-corrected chi connectivity index (χ0v) is 13.2. The lowest BCUT2D eigenvalue weighted by Crippen LogP contribution is -2.31. The SMILES string of the molecule is COCc1csc(NC(=O)N[C@@H](C)c2c(C)noc2C)n1. The molecule has 0 bridgehead atoms. The number of aromatic nitrogens is 2. The number of rotatable bonds is 5. The van der Waals surface area contributed by atoms with Gasteiger partial charge in [0.15, 0.2) is 5.13 Å². The van der Waals surface area contributed by atoms with Crippen molar-refractivity contribution in [2.24, 2.45) is 0 Å². The minimum Gasteiger partial charge on any atom is -0.378 e. The van der Waals surface area contributed by atoms with Gasteiger partial charge in [-0.3, -0.25) is 5.32 Å². The second-order valence-corrected chi connectivity index (χ2v) is 5.49. The van der Waals surface area contributed by atoms with Crippen LogP contribution in [0.15, 0.2) is 9.90 Å². The minimum absolute atomic E-state index is 0.199. The maximum atomic E-state index is 12.0. The van der Waals surface area contributed by atoms with Crippen LogP contribution in [-0.2, 0) is 11.3 Å². The summed E-state index contributed by atoms with van der Waals surface area (Å²) in [6.07, 6.45) is 0. The normalized spacial score (nSPS) is 12.2. The fourth-order valence-corrected chi connectivity index (χ4v) is 2.78. The van der Waals surface area contributed by atoms with Gasteiger partial charge in [-0.15, -0.1) is 11.3 Å². The van der Waals surface area contributed by atoms with Crippen LogP contribution >= 0.6 is 11.3 Å². The maximum Gasteiger partial charge on any atom is 0.321 e. The molecule has 0 unspecified atom stereocenters. The highest BCUT2D eigenvalue weighted by atomic mass is 32.1. The van der Waals surface area contributed by atoms with Crippen molar-refractivity contribution in [3.8, 4) is 0 Å². The molecule has 2 aromatic heterocycles. The molecule has 8 heteroatoms. The van der Waals surface area contributed by atoms with Crippen molar-refractivity contribution in [2.45, 2.75) is 33.4 Å². The molecule has 2 N–H and O–H groups in total. The summed E-state index contributed by atoms with van der Waals surface area (Å²) in [5, 5.41) is 11.8. The van der Waals surface area contributed by atoms with E-state index in [4.69, 9.17) is 9.26 Å². The quantitative estimate of drug-likeness (QED) is 0.886. The monoisotopic (exact) mass is 310 g/mol. The molecule has 0 saturated carbocycles. The Morgan fingerprint density at radius 2 is 2.29 bits per heavy atom. The molecule has 0 fully saturated rings. The van der Waals surface area contributed by atoms with Crippen LogP contribution in [0.1, 0.15) is 35.7 Å². The van der Waals surface area contributed by atoms with Crippen LogP contribution in [0.5, 0.6) is 0 Å². The highest BCUT2D eigenvalue weighted by Crippen LogP contribution is 2.21. The Labute approximate surface area is 126 Å².